The maximum Gasteiger partial charge on any atom is 0.308 e. The fourth-order valence-electron chi connectivity index (χ4n) is 5.74. The average molecular weight is 675 g/mol. The third-order valence-corrected chi connectivity index (χ3v) is 10.8. The summed E-state index contributed by atoms with van der Waals surface area (Å²) in [5, 5.41) is 4.56. The van der Waals surface area contributed by atoms with Crippen molar-refractivity contribution in [2.24, 2.45) is 5.92 Å². The van der Waals surface area contributed by atoms with Gasteiger partial charge in [0.25, 0.3) is 0 Å². The molecule has 0 radical (unpaired) electrons. The molecule has 0 aliphatic carbocycles. The van der Waals surface area contributed by atoms with Gasteiger partial charge < -0.3 is 5.32 Å². The van der Waals surface area contributed by atoms with Crippen LogP contribution >= 0.6 is 39.0 Å². The van der Waals surface area contributed by atoms with Gasteiger partial charge in [-0.05, 0) is 64.9 Å². The maximum absolute atomic E-state index is 13.9. The molecule has 2 aliphatic rings. The molecule has 11 heteroatoms. The quantitative estimate of drug-likeness (QED) is 0.218. The average Bonchev–Trinajstić information content (AvgIpc) is 3.44. The summed E-state index contributed by atoms with van der Waals surface area (Å²) < 4.78 is 15.9. The number of nitrogens with zero attached hydrogens (tertiary/aromatic N) is 2. The van der Waals surface area contributed by atoms with Gasteiger partial charge >= 0.3 is 4.87 Å². The molecule has 0 spiro atoms. The first-order valence-corrected chi connectivity index (χ1v) is 15.8. The molecule has 3 heterocycles. The summed E-state index contributed by atoms with van der Waals surface area (Å²) in [6, 6.07) is 26.1. The van der Waals surface area contributed by atoms with Gasteiger partial charge in [-0.25, -0.2) is 9.29 Å². The summed E-state index contributed by atoms with van der Waals surface area (Å²) in [7, 11) is 0. The molecule has 3 atom stereocenters. The van der Waals surface area contributed by atoms with Crippen molar-refractivity contribution in [3.63, 3.8) is 0 Å². The highest BCUT2D eigenvalue weighted by molar-refractivity contribution is 9.10. The smallest absolute Gasteiger partial charge is 0.308 e. The van der Waals surface area contributed by atoms with Crippen molar-refractivity contribution in [2.75, 3.05) is 10.2 Å². The minimum absolute atomic E-state index is 0.251. The van der Waals surface area contributed by atoms with Gasteiger partial charge in [0.2, 0.25) is 17.7 Å². The van der Waals surface area contributed by atoms with E-state index in [1.54, 1.807) is 0 Å². The fourth-order valence-corrected chi connectivity index (χ4v) is 8.78. The van der Waals surface area contributed by atoms with E-state index >= 15 is 0 Å². The summed E-state index contributed by atoms with van der Waals surface area (Å²) in [6.07, 6.45) is 0. The molecular formula is C32H21BrFN3O4S2. The molecule has 3 amide bonds. The van der Waals surface area contributed by atoms with E-state index in [1.165, 1.54) is 28.8 Å². The lowest BCUT2D eigenvalue weighted by atomic mass is 9.83. The van der Waals surface area contributed by atoms with Gasteiger partial charge in [-0.2, -0.15) is 0 Å². The van der Waals surface area contributed by atoms with E-state index in [2.05, 4.69) is 21.2 Å². The lowest BCUT2D eigenvalue weighted by Gasteiger charge is -2.30. The number of rotatable bonds is 5. The monoisotopic (exact) mass is 673 g/mol. The van der Waals surface area contributed by atoms with E-state index in [-0.39, 0.29) is 23.0 Å². The van der Waals surface area contributed by atoms with Gasteiger partial charge in [0, 0.05) is 21.0 Å². The number of imide groups is 1. The highest BCUT2D eigenvalue weighted by Gasteiger charge is 2.56. The van der Waals surface area contributed by atoms with Gasteiger partial charge in [-0.15, -0.1) is 0 Å². The molecule has 43 heavy (non-hydrogen) atoms. The molecule has 214 valence electrons. The van der Waals surface area contributed by atoms with Crippen molar-refractivity contribution >= 4 is 78.9 Å². The predicted molar refractivity (Wildman–Crippen MR) is 169 cm³/mol. The number of carbonyl (C=O) groups excluding carboxylic acids is 3. The van der Waals surface area contributed by atoms with Crippen LogP contribution in [0.2, 0.25) is 0 Å². The SMILES string of the molecule is O=C(Cn1c2c(sc1=O)[C@H](c1ccc(Br)cc1)C1C(=O)N(c3ccc(F)cc3)C(=O)C1S2)Nc1ccc2ccccc2c1. The van der Waals surface area contributed by atoms with E-state index in [9.17, 15) is 23.6 Å². The minimum Gasteiger partial charge on any atom is -0.325 e. The van der Waals surface area contributed by atoms with E-state index in [0.29, 0.717) is 15.6 Å². The number of nitrogens with one attached hydrogen (secondary N) is 1. The van der Waals surface area contributed by atoms with Gasteiger partial charge in [-0.3, -0.25) is 23.7 Å². The molecule has 1 N–H and O–H groups in total. The number of aromatic nitrogens is 1. The zero-order chi connectivity index (χ0) is 29.8. The molecule has 1 aromatic heterocycles. The van der Waals surface area contributed by atoms with Crippen LogP contribution in [0.4, 0.5) is 15.8 Å². The molecule has 2 aliphatic heterocycles. The lowest BCUT2D eigenvalue weighted by Crippen LogP contribution is -2.33. The van der Waals surface area contributed by atoms with Crippen molar-refractivity contribution < 1.29 is 18.8 Å². The van der Waals surface area contributed by atoms with Gasteiger partial charge in [-0.1, -0.05) is 81.5 Å². The summed E-state index contributed by atoms with van der Waals surface area (Å²) in [5.41, 5.74) is 1.67. The van der Waals surface area contributed by atoms with Crippen molar-refractivity contribution in [2.45, 2.75) is 22.7 Å². The normalized spacial score (nSPS) is 19.4. The summed E-state index contributed by atoms with van der Waals surface area (Å²) >= 11 is 5.57. The Labute approximate surface area is 261 Å². The number of hydrogen-bond donors (Lipinski definition) is 1. The fraction of sp³-hybridized carbons (Fsp3) is 0.125. The Kier molecular flexibility index (Phi) is 7.03. The second kappa shape index (κ2) is 10.9. The second-order valence-electron chi connectivity index (χ2n) is 10.3. The van der Waals surface area contributed by atoms with Crippen LogP contribution in [0, 0.1) is 11.7 Å². The standard InChI is InChI=1S/C32H21BrFN3O4S2/c33-20-8-5-18(6-9-20)25-26-27(30(40)37(29(26)39)23-13-10-21(34)11-14-23)42-31-28(25)43-32(41)36(31)16-24(38)35-22-12-7-17-3-1-2-4-19(17)15-22/h1-15,25-27H,16H2,(H,35,38)/t25-,26?,27?/m1/s1. The number of fused-ring (bicyclic) bond motifs is 3. The molecule has 7 nitrogen and oxygen atoms in total. The largest absolute Gasteiger partial charge is 0.325 e. The van der Waals surface area contributed by atoms with E-state index in [1.807, 2.05) is 66.7 Å². The predicted octanol–water partition coefficient (Wildman–Crippen LogP) is 6.40. The number of benzene rings is 4. The van der Waals surface area contributed by atoms with Gasteiger partial charge in [0.1, 0.15) is 17.6 Å². The number of hydrogen-bond acceptors (Lipinski definition) is 6. The minimum atomic E-state index is -0.831. The topological polar surface area (TPSA) is 88.5 Å². The maximum atomic E-state index is 13.9. The molecule has 1 saturated heterocycles. The van der Waals surface area contributed by atoms with Crippen molar-refractivity contribution in [1.29, 1.82) is 0 Å². The van der Waals surface area contributed by atoms with Crippen LogP contribution < -0.4 is 15.1 Å². The third-order valence-electron chi connectivity index (χ3n) is 7.70. The van der Waals surface area contributed by atoms with Crippen LogP contribution in [0.3, 0.4) is 0 Å². The molecule has 5 aromatic rings. The van der Waals surface area contributed by atoms with Crippen LogP contribution in [0.25, 0.3) is 10.8 Å². The van der Waals surface area contributed by atoms with E-state index in [0.717, 1.165) is 48.8 Å². The number of thiazole rings is 1. The third kappa shape index (κ3) is 4.91. The van der Waals surface area contributed by atoms with Crippen LogP contribution in [0.1, 0.15) is 16.4 Å². The van der Waals surface area contributed by atoms with Crippen LogP contribution in [-0.2, 0) is 20.9 Å². The molecule has 0 bridgehead atoms. The Morgan fingerprint density at radius 1 is 0.884 bits per heavy atom. The van der Waals surface area contributed by atoms with Crippen LogP contribution in [0.5, 0.6) is 0 Å². The number of carbonyl (C=O) groups is 3. The van der Waals surface area contributed by atoms with E-state index < -0.39 is 34.7 Å². The Morgan fingerprint density at radius 2 is 1.60 bits per heavy atom. The summed E-state index contributed by atoms with van der Waals surface area (Å²) in [5.74, 6) is -3.08. The Morgan fingerprint density at radius 3 is 2.35 bits per heavy atom. The highest BCUT2D eigenvalue weighted by atomic mass is 79.9. The van der Waals surface area contributed by atoms with Crippen molar-refractivity contribution in [3.8, 4) is 0 Å². The first kappa shape index (κ1) is 27.8. The Hall–Kier alpha value is -4.06. The first-order chi connectivity index (χ1) is 20.8. The number of thioether (sulfide) groups is 1. The Balaban J connectivity index is 1.26. The first-order valence-electron chi connectivity index (χ1n) is 13.4. The molecule has 4 aromatic carbocycles. The molecule has 2 unspecified atom stereocenters. The lowest BCUT2D eigenvalue weighted by molar-refractivity contribution is -0.122. The number of halogens is 2. The molecule has 7 rings (SSSR count). The second-order valence-corrected chi connectivity index (χ2v) is 13.4. The van der Waals surface area contributed by atoms with Crippen molar-refractivity contribution in [3.05, 3.63) is 121 Å². The zero-order valence-corrected chi connectivity index (χ0v) is 25.4. The molecule has 0 saturated carbocycles. The zero-order valence-electron chi connectivity index (χ0n) is 22.2. The van der Waals surface area contributed by atoms with Crippen LogP contribution in [0.15, 0.2) is 105 Å². The molecule has 1 fully saturated rings. The van der Waals surface area contributed by atoms with Crippen LogP contribution in [-0.4, -0.2) is 27.5 Å². The Bertz CT molecular complexity index is 1990. The molecular weight excluding hydrogens is 653 g/mol. The summed E-state index contributed by atoms with van der Waals surface area (Å²) in [6.45, 7) is -0.251. The van der Waals surface area contributed by atoms with E-state index in [4.69, 9.17) is 0 Å². The number of anilines is 2. The van der Waals surface area contributed by atoms with Gasteiger partial charge in [0.05, 0.1) is 16.6 Å². The van der Waals surface area contributed by atoms with Crippen molar-refractivity contribution in [1.82, 2.24) is 4.57 Å². The summed E-state index contributed by atoms with van der Waals surface area (Å²) in [4.78, 5) is 55.7. The highest BCUT2D eigenvalue weighted by Crippen LogP contribution is 2.54. The van der Waals surface area contributed by atoms with Gasteiger partial charge in [0.15, 0.2) is 0 Å². The number of amides is 3.